The van der Waals surface area contributed by atoms with Crippen molar-refractivity contribution < 1.29 is 23.3 Å². The Balaban J connectivity index is 1.44. The van der Waals surface area contributed by atoms with Gasteiger partial charge in [-0.2, -0.15) is 5.10 Å². The average Bonchev–Trinajstić information content (AvgIpc) is 3.35. The molecule has 2 aromatic carbocycles. The monoisotopic (exact) mass is 548 g/mol. The highest BCUT2D eigenvalue weighted by atomic mass is 32.1. The number of fused-ring (bicyclic) bond motifs is 1. The van der Waals surface area contributed by atoms with Crippen LogP contribution in [0.15, 0.2) is 48.5 Å². The van der Waals surface area contributed by atoms with Crippen molar-refractivity contribution in [1.82, 2.24) is 14.7 Å². The van der Waals surface area contributed by atoms with Crippen molar-refractivity contribution in [3.8, 4) is 11.4 Å². The summed E-state index contributed by atoms with van der Waals surface area (Å²) in [5, 5.41) is 4.45. The second-order valence-corrected chi connectivity index (χ2v) is 10.8. The summed E-state index contributed by atoms with van der Waals surface area (Å²) >= 11 is 3.66. The summed E-state index contributed by atoms with van der Waals surface area (Å²) in [5.74, 6) is -0.0868. The van der Waals surface area contributed by atoms with Gasteiger partial charge >= 0.3 is 5.97 Å². The Morgan fingerprint density at radius 3 is 2.31 bits per heavy atom. The Hall–Kier alpha value is -3.79. The third-order valence-electron chi connectivity index (χ3n) is 7.58. The molecule has 0 bridgehead atoms. The Labute approximate surface area is 233 Å². The van der Waals surface area contributed by atoms with Crippen LogP contribution >= 0.6 is 12.9 Å². The second kappa shape index (κ2) is 10.8. The Kier molecular flexibility index (Phi) is 7.40. The molecule has 1 aromatic heterocycles. The standard InChI is InChI=1S/C29H32N4O5S/c1-29(2,18-31-16-5-4-6-24(31)34)19-7-9-20(10-8-19)32-17-15-23-25(28(36)38-39)30-33(26(23)27(32)35)21-11-13-22(37-3)14-12-21/h7-14,39H,4-6,15-18H2,1-3H3. The number of likely N-dealkylation sites (tertiary alicyclic amines) is 1. The van der Waals surface area contributed by atoms with Gasteiger partial charge in [-0.05, 0) is 61.2 Å². The van der Waals surface area contributed by atoms with E-state index in [1.54, 1.807) is 36.3 Å². The van der Waals surface area contributed by atoms with E-state index in [0.29, 0.717) is 48.6 Å². The number of benzene rings is 2. The highest BCUT2D eigenvalue weighted by molar-refractivity contribution is 7.75. The first-order chi connectivity index (χ1) is 18.7. The van der Waals surface area contributed by atoms with Gasteiger partial charge in [-0.1, -0.05) is 26.0 Å². The van der Waals surface area contributed by atoms with Gasteiger partial charge in [0.05, 0.1) is 12.8 Å². The lowest BCUT2D eigenvalue weighted by molar-refractivity contribution is -0.134. The lowest BCUT2D eigenvalue weighted by Crippen LogP contribution is -2.43. The predicted octanol–water partition coefficient (Wildman–Crippen LogP) is 4.38. The van der Waals surface area contributed by atoms with Crippen LogP contribution in [0.2, 0.25) is 0 Å². The quantitative estimate of drug-likeness (QED) is 0.348. The number of aromatic nitrogens is 2. The van der Waals surface area contributed by atoms with E-state index in [2.05, 4.69) is 36.0 Å². The fourth-order valence-electron chi connectivity index (χ4n) is 5.41. The molecule has 10 heteroatoms. The lowest BCUT2D eigenvalue weighted by Gasteiger charge is -2.35. The van der Waals surface area contributed by atoms with E-state index in [9.17, 15) is 14.4 Å². The number of rotatable bonds is 7. The highest BCUT2D eigenvalue weighted by Gasteiger charge is 2.36. The second-order valence-electron chi connectivity index (χ2n) is 10.6. The number of carbonyl (C=O) groups is 3. The third kappa shape index (κ3) is 5.13. The van der Waals surface area contributed by atoms with E-state index >= 15 is 0 Å². The van der Waals surface area contributed by atoms with Crippen LogP contribution in [-0.2, 0) is 20.8 Å². The fraction of sp³-hybridized carbons (Fsp3) is 0.379. The van der Waals surface area contributed by atoms with Gasteiger partial charge < -0.3 is 18.7 Å². The summed E-state index contributed by atoms with van der Waals surface area (Å²) < 4.78 is 11.4. The molecule has 39 heavy (non-hydrogen) atoms. The first-order valence-electron chi connectivity index (χ1n) is 13.1. The molecule has 2 aliphatic rings. The molecule has 0 unspecified atom stereocenters. The number of thiol groups is 1. The molecule has 0 spiro atoms. The van der Waals surface area contributed by atoms with E-state index < -0.39 is 5.97 Å². The molecule has 204 valence electrons. The first-order valence-corrected chi connectivity index (χ1v) is 13.4. The van der Waals surface area contributed by atoms with Gasteiger partial charge in [-0.15, -0.1) is 0 Å². The minimum atomic E-state index is -0.707. The molecule has 9 nitrogen and oxygen atoms in total. The third-order valence-corrected chi connectivity index (χ3v) is 7.74. The first kappa shape index (κ1) is 26.8. The number of anilines is 1. The van der Waals surface area contributed by atoms with Crippen molar-refractivity contribution in [1.29, 1.82) is 0 Å². The molecule has 0 radical (unpaired) electrons. The Bertz CT molecular complexity index is 1400. The van der Waals surface area contributed by atoms with Gasteiger partial charge in [0.15, 0.2) is 5.69 Å². The summed E-state index contributed by atoms with van der Waals surface area (Å²) in [6.07, 6.45) is 3.06. The summed E-state index contributed by atoms with van der Waals surface area (Å²) in [6.45, 7) is 6.12. The van der Waals surface area contributed by atoms with E-state index in [1.807, 2.05) is 29.2 Å². The van der Waals surface area contributed by atoms with Crippen molar-refractivity contribution in [2.24, 2.45) is 0 Å². The Morgan fingerprint density at radius 2 is 1.67 bits per heavy atom. The number of hydrogen-bond donors (Lipinski definition) is 1. The topological polar surface area (TPSA) is 94.0 Å². The summed E-state index contributed by atoms with van der Waals surface area (Å²) in [6, 6.07) is 15.0. The van der Waals surface area contributed by atoms with Crippen molar-refractivity contribution in [3.63, 3.8) is 0 Å². The van der Waals surface area contributed by atoms with Gasteiger partial charge in [0.25, 0.3) is 5.91 Å². The SMILES string of the molecule is COc1ccc(-n2nc(C(=O)OS)c3c2C(=O)N(c2ccc(C(C)(C)CN4CCCCC4=O)cc2)CC3)cc1. The normalized spacial score (nSPS) is 15.8. The molecule has 3 aromatic rings. The maximum Gasteiger partial charge on any atom is 0.370 e. The van der Waals surface area contributed by atoms with Crippen molar-refractivity contribution >= 4 is 36.4 Å². The molecule has 2 aliphatic heterocycles. The summed E-state index contributed by atoms with van der Waals surface area (Å²) in [7, 11) is 1.58. The zero-order chi connectivity index (χ0) is 27.7. The van der Waals surface area contributed by atoms with Gasteiger partial charge in [-0.25, -0.2) is 9.48 Å². The largest absolute Gasteiger partial charge is 0.497 e. The molecule has 0 aliphatic carbocycles. The van der Waals surface area contributed by atoms with Crippen LogP contribution in [0.25, 0.3) is 5.69 Å². The van der Waals surface area contributed by atoms with Crippen LogP contribution < -0.4 is 9.64 Å². The summed E-state index contributed by atoms with van der Waals surface area (Å²) in [5.41, 5.74) is 3.15. The van der Waals surface area contributed by atoms with Gasteiger partial charge in [0.1, 0.15) is 11.4 Å². The summed E-state index contributed by atoms with van der Waals surface area (Å²) in [4.78, 5) is 42.3. The molecular weight excluding hydrogens is 516 g/mol. The fourth-order valence-corrected chi connectivity index (χ4v) is 5.50. The van der Waals surface area contributed by atoms with Crippen LogP contribution in [0.3, 0.4) is 0 Å². The molecule has 5 rings (SSSR count). The number of piperidine rings is 1. The molecule has 3 heterocycles. The molecule has 0 saturated carbocycles. The molecule has 0 atom stereocenters. The molecular formula is C29H32N4O5S. The number of carbonyl (C=O) groups excluding carboxylic acids is 3. The van der Waals surface area contributed by atoms with Crippen LogP contribution in [0.4, 0.5) is 5.69 Å². The number of methoxy groups -OCH3 is 1. The number of ether oxygens (including phenoxy) is 1. The van der Waals surface area contributed by atoms with Crippen molar-refractivity contribution in [2.45, 2.75) is 44.9 Å². The molecule has 2 amide bonds. The minimum absolute atomic E-state index is 0.0770. The van der Waals surface area contributed by atoms with Gasteiger partial charge in [0.2, 0.25) is 5.91 Å². The maximum atomic E-state index is 13.9. The minimum Gasteiger partial charge on any atom is -0.497 e. The van der Waals surface area contributed by atoms with Crippen LogP contribution in [-0.4, -0.2) is 59.2 Å². The predicted molar refractivity (Wildman–Crippen MR) is 150 cm³/mol. The van der Waals surface area contributed by atoms with Gasteiger partial charge in [0, 0.05) is 55.6 Å². The van der Waals surface area contributed by atoms with E-state index in [-0.39, 0.29) is 22.9 Å². The number of amides is 2. The van der Waals surface area contributed by atoms with E-state index in [1.165, 1.54) is 4.68 Å². The van der Waals surface area contributed by atoms with Crippen molar-refractivity contribution in [2.75, 3.05) is 31.6 Å². The van der Waals surface area contributed by atoms with Crippen LogP contribution in [0, 0.1) is 0 Å². The van der Waals surface area contributed by atoms with Gasteiger partial charge in [-0.3, -0.25) is 9.59 Å². The van der Waals surface area contributed by atoms with Crippen LogP contribution in [0.5, 0.6) is 5.75 Å². The van der Waals surface area contributed by atoms with Crippen molar-refractivity contribution in [3.05, 3.63) is 71.0 Å². The zero-order valence-electron chi connectivity index (χ0n) is 22.3. The van der Waals surface area contributed by atoms with Crippen LogP contribution in [0.1, 0.15) is 65.2 Å². The average molecular weight is 549 g/mol. The highest BCUT2D eigenvalue weighted by Crippen LogP contribution is 2.32. The molecule has 1 fully saturated rings. The molecule has 1 saturated heterocycles. The number of nitrogens with zero attached hydrogens (tertiary/aromatic N) is 4. The smallest absolute Gasteiger partial charge is 0.370 e. The lowest BCUT2D eigenvalue weighted by atomic mass is 9.83. The zero-order valence-corrected chi connectivity index (χ0v) is 23.2. The molecule has 0 N–H and O–H groups in total. The Morgan fingerprint density at radius 1 is 0.974 bits per heavy atom. The van der Waals surface area contributed by atoms with E-state index in [4.69, 9.17) is 4.74 Å². The number of hydrogen-bond acceptors (Lipinski definition) is 7. The maximum absolute atomic E-state index is 13.9. The van der Waals surface area contributed by atoms with E-state index in [0.717, 1.165) is 30.6 Å².